The van der Waals surface area contributed by atoms with Gasteiger partial charge in [-0.05, 0) is 68.5 Å². The zero-order chi connectivity index (χ0) is 18.5. The normalized spacial score (nSPS) is 19.2. The van der Waals surface area contributed by atoms with Crippen LogP contribution in [0.3, 0.4) is 0 Å². The Bertz CT molecular complexity index is 1240. The summed E-state index contributed by atoms with van der Waals surface area (Å²) < 4.78 is 0. The predicted octanol–water partition coefficient (Wildman–Crippen LogP) is 7.48. The van der Waals surface area contributed by atoms with E-state index in [4.69, 9.17) is 0 Å². The highest BCUT2D eigenvalue weighted by Crippen LogP contribution is 2.50. The van der Waals surface area contributed by atoms with Crippen LogP contribution in [0.1, 0.15) is 36.8 Å². The van der Waals surface area contributed by atoms with Gasteiger partial charge in [-0.3, -0.25) is 0 Å². The number of benzene rings is 4. The molecule has 0 spiro atoms. The molecule has 1 aliphatic carbocycles. The summed E-state index contributed by atoms with van der Waals surface area (Å²) in [6.45, 7) is 0. The van der Waals surface area contributed by atoms with Crippen molar-refractivity contribution < 1.29 is 0 Å². The monoisotopic (exact) mass is 380 g/mol. The highest BCUT2D eigenvalue weighted by molar-refractivity contribution is 7.57. The first-order valence-corrected chi connectivity index (χ1v) is 12.5. The summed E-state index contributed by atoms with van der Waals surface area (Å²) in [6.07, 6.45) is 7.02. The van der Waals surface area contributed by atoms with Crippen molar-refractivity contribution in [2.45, 2.75) is 37.5 Å². The standard InChI is InChI=1S/C27H25P/c1-5-11-24-19(7-1)13-15-21-17-28(23-9-3-4-10-23)18-22-16-14-20-8-2-6-12-25(20)27(22)26(21)24/h1-2,5-8,11-17,23,28H,3-4,9-10,18H2. The molecule has 2 aliphatic rings. The van der Waals surface area contributed by atoms with Crippen molar-refractivity contribution in [1.82, 2.24) is 0 Å². The van der Waals surface area contributed by atoms with Crippen molar-refractivity contribution >= 4 is 34.9 Å². The van der Waals surface area contributed by atoms with E-state index in [-0.39, 0.29) is 0 Å². The molecule has 1 unspecified atom stereocenters. The Morgan fingerprint density at radius 2 is 1.29 bits per heavy atom. The lowest BCUT2D eigenvalue weighted by atomic mass is 9.88. The molecule has 0 radical (unpaired) electrons. The van der Waals surface area contributed by atoms with Gasteiger partial charge in [-0.15, -0.1) is 7.55 Å². The van der Waals surface area contributed by atoms with Crippen LogP contribution in [-0.4, -0.2) is 11.5 Å². The molecule has 4 aromatic rings. The molecule has 0 saturated heterocycles. The van der Waals surface area contributed by atoms with Crippen LogP contribution in [0.2, 0.25) is 0 Å². The van der Waals surface area contributed by atoms with Crippen molar-refractivity contribution in [1.29, 1.82) is 0 Å². The van der Waals surface area contributed by atoms with Gasteiger partial charge in [0.05, 0.1) is 0 Å². The van der Waals surface area contributed by atoms with E-state index < -0.39 is 7.55 Å². The lowest BCUT2D eigenvalue weighted by Crippen LogP contribution is -1.97. The van der Waals surface area contributed by atoms with Gasteiger partial charge in [-0.25, -0.2) is 0 Å². The molecule has 0 aromatic heterocycles. The average Bonchev–Trinajstić information content (AvgIpc) is 3.22. The maximum Gasteiger partial charge on any atom is -0.00235 e. The van der Waals surface area contributed by atoms with E-state index in [1.165, 1.54) is 70.1 Å². The third-order valence-corrected chi connectivity index (χ3v) is 9.94. The van der Waals surface area contributed by atoms with Crippen LogP contribution < -0.4 is 0 Å². The van der Waals surface area contributed by atoms with E-state index in [2.05, 4.69) is 78.6 Å². The molecular formula is C27H25P. The highest BCUT2D eigenvalue weighted by Gasteiger charge is 2.24. The van der Waals surface area contributed by atoms with Crippen molar-refractivity contribution in [2.75, 3.05) is 0 Å². The Balaban J connectivity index is 1.73. The first kappa shape index (κ1) is 16.6. The molecular weight excluding hydrogens is 355 g/mol. The fourth-order valence-electron chi connectivity index (χ4n) is 5.48. The first-order valence-electron chi connectivity index (χ1n) is 10.6. The van der Waals surface area contributed by atoms with Crippen LogP contribution in [-0.2, 0) is 6.16 Å². The van der Waals surface area contributed by atoms with E-state index in [9.17, 15) is 0 Å². The Hall–Kier alpha value is -2.30. The zero-order valence-electron chi connectivity index (χ0n) is 16.1. The molecule has 1 atom stereocenters. The van der Waals surface area contributed by atoms with Gasteiger partial charge in [-0.1, -0.05) is 91.4 Å². The average molecular weight is 380 g/mol. The van der Waals surface area contributed by atoms with E-state index >= 15 is 0 Å². The molecule has 28 heavy (non-hydrogen) atoms. The van der Waals surface area contributed by atoms with Gasteiger partial charge in [-0.2, -0.15) is 0 Å². The van der Waals surface area contributed by atoms with Crippen molar-refractivity contribution in [3.8, 4) is 11.1 Å². The van der Waals surface area contributed by atoms with E-state index in [0.717, 1.165) is 5.66 Å². The summed E-state index contributed by atoms with van der Waals surface area (Å²) in [6, 6.07) is 27.4. The van der Waals surface area contributed by atoms with Gasteiger partial charge in [0.2, 0.25) is 0 Å². The SMILES string of the molecule is C1=[PH](C2CCCC2)Cc2ccc3ccccc3c2-c2c1ccc1ccccc21. The molecule has 0 nitrogen and oxygen atoms in total. The minimum atomic E-state index is -0.546. The minimum Gasteiger partial charge on any atom is -0.110 e. The summed E-state index contributed by atoms with van der Waals surface area (Å²) in [5.74, 6) is 2.72. The molecule has 0 amide bonds. The molecule has 1 heteroatoms. The Labute approximate surface area is 167 Å². The number of hydrogen-bond acceptors (Lipinski definition) is 0. The van der Waals surface area contributed by atoms with Crippen molar-refractivity contribution in [3.05, 3.63) is 83.9 Å². The smallest absolute Gasteiger partial charge is 0.00235 e. The first-order chi connectivity index (χ1) is 13.9. The Kier molecular flexibility index (Phi) is 3.95. The number of rotatable bonds is 1. The van der Waals surface area contributed by atoms with E-state index in [1.807, 2.05) is 0 Å². The lowest BCUT2D eigenvalue weighted by Gasteiger charge is -2.17. The molecule has 1 aliphatic heterocycles. The second kappa shape index (κ2) is 6.64. The van der Waals surface area contributed by atoms with Crippen molar-refractivity contribution in [2.24, 2.45) is 0 Å². The van der Waals surface area contributed by atoms with Crippen LogP contribution in [0, 0.1) is 0 Å². The maximum absolute atomic E-state index is 2.72. The largest absolute Gasteiger partial charge is 0.110 e. The predicted molar refractivity (Wildman–Crippen MR) is 126 cm³/mol. The second-order valence-corrected chi connectivity index (χ2v) is 11.1. The molecule has 1 heterocycles. The number of hydrogen-bond donors (Lipinski definition) is 0. The fourth-order valence-corrected chi connectivity index (χ4v) is 8.63. The third-order valence-electron chi connectivity index (χ3n) is 6.84. The van der Waals surface area contributed by atoms with E-state index in [0.29, 0.717) is 0 Å². The van der Waals surface area contributed by atoms with Crippen LogP contribution in [0.15, 0.2) is 72.8 Å². The van der Waals surface area contributed by atoms with Gasteiger partial charge < -0.3 is 0 Å². The number of fused-ring (bicyclic) bond motifs is 7. The molecule has 0 bridgehead atoms. The quantitative estimate of drug-likeness (QED) is 0.300. The van der Waals surface area contributed by atoms with Crippen LogP contribution in [0.25, 0.3) is 32.7 Å². The Morgan fingerprint density at radius 1 is 0.643 bits per heavy atom. The zero-order valence-corrected chi connectivity index (χ0v) is 17.1. The fraction of sp³-hybridized carbons (Fsp3) is 0.222. The van der Waals surface area contributed by atoms with Crippen LogP contribution in [0.4, 0.5) is 0 Å². The lowest BCUT2D eigenvalue weighted by molar-refractivity contribution is 0.886. The second-order valence-electron chi connectivity index (χ2n) is 8.45. The summed E-state index contributed by atoms with van der Waals surface area (Å²) in [5.41, 5.74) is 6.98. The summed E-state index contributed by atoms with van der Waals surface area (Å²) in [4.78, 5) is 0. The minimum absolute atomic E-state index is 0.546. The summed E-state index contributed by atoms with van der Waals surface area (Å²) in [7, 11) is -0.546. The van der Waals surface area contributed by atoms with Gasteiger partial charge in [0.25, 0.3) is 0 Å². The molecule has 6 rings (SSSR count). The topological polar surface area (TPSA) is 0 Å². The van der Waals surface area contributed by atoms with Gasteiger partial charge in [0, 0.05) is 0 Å². The molecule has 1 fully saturated rings. The maximum atomic E-state index is 2.72. The molecule has 1 saturated carbocycles. The van der Waals surface area contributed by atoms with Crippen molar-refractivity contribution in [3.63, 3.8) is 0 Å². The van der Waals surface area contributed by atoms with E-state index in [1.54, 1.807) is 5.56 Å². The highest BCUT2D eigenvalue weighted by atomic mass is 31.1. The van der Waals surface area contributed by atoms with Gasteiger partial charge >= 0.3 is 0 Å². The van der Waals surface area contributed by atoms with Crippen LogP contribution in [0.5, 0.6) is 0 Å². The van der Waals surface area contributed by atoms with Crippen LogP contribution >= 0.6 is 7.55 Å². The Morgan fingerprint density at radius 3 is 2.04 bits per heavy atom. The molecule has 138 valence electrons. The molecule has 4 aromatic carbocycles. The van der Waals surface area contributed by atoms with Gasteiger partial charge in [0.1, 0.15) is 0 Å². The summed E-state index contributed by atoms with van der Waals surface area (Å²) in [5, 5.41) is 5.53. The third kappa shape index (κ3) is 2.59. The summed E-state index contributed by atoms with van der Waals surface area (Å²) >= 11 is 0. The molecule has 0 N–H and O–H groups in total. The van der Waals surface area contributed by atoms with Gasteiger partial charge in [0.15, 0.2) is 0 Å².